The van der Waals surface area contributed by atoms with Gasteiger partial charge in [-0.1, -0.05) is 50.3 Å². The van der Waals surface area contributed by atoms with Crippen LogP contribution in [0.25, 0.3) is 11.3 Å². The van der Waals surface area contributed by atoms with E-state index in [0.717, 1.165) is 5.56 Å². The average molecular weight is 662 g/mol. The third-order valence-electron chi connectivity index (χ3n) is 9.11. The molecule has 250 valence electrons. The highest BCUT2D eigenvalue weighted by Crippen LogP contribution is 2.48. The summed E-state index contributed by atoms with van der Waals surface area (Å²) < 4.78 is 33.5. The first-order chi connectivity index (χ1) is 23.6. The van der Waals surface area contributed by atoms with Gasteiger partial charge in [0.2, 0.25) is 0 Å². The smallest absolute Gasteiger partial charge is 0.281 e. The van der Waals surface area contributed by atoms with Crippen molar-refractivity contribution in [3.8, 4) is 22.8 Å². The molecule has 2 aliphatic carbocycles. The zero-order chi connectivity index (χ0) is 34.3. The number of Topliss-reactive ketones (excluding diaryl/α,β-unsaturated/α-hetero) is 1. The molecule has 1 amide bonds. The zero-order valence-electron chi connectivity index (χ0n) is 27.5. The summed E-state index contributed by atoms with van der Waals surface area (Å²) in [7, 11) is 1.56. The van der Waals surface area contributed by atoms with Crippen LogP contribution in [0.1, 0.15) is 67.2 Å². The number of aliphatic hydroxyl groups is 1. The lowest BCUT2D eigenvalue weighted by Crippen LogP contribution is -2.39. The number of aromatic nitrogens is 1. The molecule has 3 aliphatic rings. The number of carbonyl (C=O) groups is 2. The highest BCUT2D eigenvalue weighted by molar-refractivity contribution is 6.03. The van der Waals surface area contributed by atoms with Crippen molar-refractivity contribution in [3.63, 3.8) is 0 Å². The second-order valence-corrected chi connectivity index (χ2v) is 13.2. The topological polar surface area (TPSA) is 114 Å². The Morgan fingerprint density at radius 2 is 1.84 bits per heavy atom. The number of oxazole rings is 1. The summed E-state index contributed by atoms with van der Waals surface area (Å²) in [5.74, 6) is -0.336. The number of carbonyl (C=O) groups excluding carboxylic acids is 2. The number of methoxy groups -OCH3 is 1. The zero-order valence-corrected chi connectivity index (χ0v) is 27.5. The van der Waals surface area contributed by atoms with Gasteiger partial charge in [-0.2, -0.15) is 0 Å². The third-order valence-corrected chi connectivity index (χ3v) is 9.11. The fourth-order valence-electron chi connectivity index (χ4n) is 6.80. The van der Waals surface area contributed by atoms with E-state index >= 15 is 4.39 Å². The van der Waals surface area contributed by atoms with Crippen LogP contribution in [-0.4, -0.2) is 33.8 Å². The quantitative estimate of drug-likeness (QED) is 0.205. The molecular weight excluding hydrogens is 625 g/mol. The first kappa shape index (κ1) is 31.9. The Morgan fingerprint density at radius 1 is 1.08 bits per heavy atom. The van der Waals surface area contributed by atoms with E-state index in [4.69, 9.17) is 13.9 Å². The van der Waals surface area contributed by atoms with Crippen molar-refractivity contribution >= 4 is 11.7 Å². The largest absolute Gasteiger partial charge is 0.510 e. The van der Waals surface area contributed by atoms with Gasteiger partial charge in [0.05, 0.1) is 18.8 Å². The summed E-state index contributed by atoms with van der Waals surface area (Å²) >= 11 is 0. The standard InChI is InChI=1S/C39H36FN3O6/c1-39(2)19-29-33(32(45)20-39)36(27-17-16-26(18-28(27)40)48-21-23-8-5-4-6-9-23)43(30-10-7-11-31(44)34(30)42-29)38(46)35-37(49-22-41-35)24-12-14-25(47-3)15-13-24/h4-6,8-10,12-18,22,36,42,44H,7,11,19-21H2,1-3H3. The van der Waals surface area contributed by atoms with Crippen LogP contribution in [0.15, 0.2) is 118 Å². The molecule has 49 heavy (non-hydrogen) atoms. The number of fused-ring (bicyclic) bond motifs is 1. The summed E-state index contributed by atoms with van der Waals surface area (Å²) in [5, 5.41) is 14.6. The van der Waals surface area contributed by atoms with Crippen molar-refractivity contribution in [2.75, 3.05) is 7.11 Å². The van der Waals surface area contributed by atoms with Gasteiger partial charge < -0.3 is 24.3 Å². The third kappa shape index (κ3) is 6.10. The molecule has 7 rings (SSSR count). The molecule has 10 heteroatoms. The number of aliphatic hydroxyl groups excluding tert-OH is 1. The van der Waals surface area contributed by atoms with Crippen molar-refractivity contribution < 1.29 is 33.0 Å². The lowest BCUT2D eigenvalue weighted by molar-refractivity contribution is -0.118. The maximum atomic E-state index is 16.5. The first-order valence-corrected chi connectivity index (χ1v) is 16.2. The number of benzene rings is 3. The molecule has 1 atom stereocenters. The van der Waals surface area contributed by atoms with Crippen LogP contribution in [-0.2, 0) is 11.4 Å². The molecule has 0 saturated heterocycles. The van der Waals surface area contributed by atoms with Gasteiger partial charge in [0, 0.05) is 41.3 Å². The monoisotopic (exact) mass is 661 g/mol. The van der Waals surface area contributed by atoms with E-state index in [1.807, 2.05) is 50.3 Å². The van der Waals surface area contributed by atoms with Crippen LogP contribution in [0.5, 0.6) is 11.5 Å². The Hall–Kier alpha value is -5.64. The highest BCUT2D eigenvalue weighted by atomic mass is 19.1. The van der Waals surface area contributed by atoms with Crippen molar-refractivity contribution in [2.24, 2.45) is 5.41 Å². The normalized spacial score (nSPS) is 18.6. The van der Waals surface area contributed by atoms with Crippen LogP contribution in [0, 0.1) is 11.2 Å². The molecule has 3 aromatic carbocycles. The molecular formula is C39H36FN3O6. The molecule has 0 spiro atoms. The van der Waals surface area contributed by atoms with Gasteiger partial charge >= 0.3 is 0 Å². The van der Waals surface area contributed by atoms with E-state index in [1.54, 1.807) is 43.5 Å². The molecule has 0 bridgehead atoms. The van der Waals surface area contributed by atoms with Crippen molar-refractivity contribution in [3.05, 3.63) is 136 Å². The van der Waals surface area contributed by atoms with Crippen molar-refractivity contribution in [2.45, 2.75) is 52.2 Å². The maximum absolute atomic E-state index is 16.5. The van der Waals surface area contributed by atoms with Crippen molar-refractivity contribution in [1.29, 1.82) is 0 Å². The van der Waals surface area contributed by atoms with Gasteiger partial charge in [0.25, 0.3) is 5.91 Å². The van der Waals surface area contributed by atoms with Gasteiger partial charge in [-0.3, -0.25) is 14.5 Å². The number of amides is 1. The minimum Gasteiger partial charge on any atom is -0.510 e. The average Bonchev–Trinajstić information content (AvgIpc) is 3.53. The number of nitrogens with zero attached hydrogens (tertiary/aromatic N) is 2. The molecule has 4 aromatic rings. The number of nitrogens with one attached hydrogen (secondary N) is 1. The summed E-state index contributed by atoms with van der Waals surface area (Å²) in [4.78, 5) is 34.8. The van der Waals surface area contributed by atoms with E-state index in [0.29, 0.717) is 53.4 Å². The molecule has 1 unspecified atom stereocenters. The molecule has 0 saturated carbocycles. The van der Waals surface area contributed by atoms with Crippen LogP contribution < -0.4 is 14.8 Å². The minimum atomic E-state index is -1.20. The lowest BCUT2D eigenvalue weighted by Gasteiger charge is -2.37. The molecule has 9 nitrogen and oxygen atoms in total. The molecule has 1 aromatic heterocycles. The molecule has 2 N–H and O–H groups in total. The number of ether oxygens (including phenoxy) is 2. The predicted octanol–water partition coefficient (Wildman–Crippen LogP) is 7.95. The molecule has 0 fully saturated rings. The number of rotatable bonds is 7. The maximum Gasteiger partial charge on any atom is 0.281 e. The van der Waals surface area contributed by atoms with Gasteiger partial charge in [-0.05, 0) is 60.2 Å². The van der Waals surface area contributed by atoms with Gasteiger partial charge in [-0.25, -0.2) is 9.37 Å². The van der Waals surface area contributed by atoms with Crippen LogP contribution >= 0.6 is 0 Å². The summed E-state index contributed by atoms with van der Waals surface area (Å²) in [5.41, 5.74) is 2.58. The molecule has 1 aliphatic heterocycles. The van der Waals surface area contributed by atoms with Crippen molar-refractivity contribution in [1.82, 2.24) is 15.2 Å². The van der Waals surface area contributed by atoms with E-state index in [9.17, 15) is 14.7 Å². The lowest BCUT2D eigenvalue weighted by atomic mass is 9.73. The Kier molecular flexibility index (Phi) is 8.32. The Bertz CT molecular complexity index is 2030. The van der Waals surface area contributed by atoms with Gasteiger partial charge in [0.15, 0.2) is 23.6 Å². The van der Waals surface area contributed by atoms with E-state index in [2.05, 4.69) is 10.3 Å². The van der Waals surface area contributed by atoms with Crippen LogP contribution in [0.3, 0.4) is 0 Å². The second-order valence-electron chi connectivity index (χ2n) is 13.2. The van der Waals surface area contributed by atoms with Gasteiger partial charge in [-0.15, -0.1) is 0 Å². The SMILES string of the molecule is COc1ccc(-c2ocnc2C(=O)N2C3=CCCC(O)=C3NC3=C(C(=O)CC(C)(C)C3)C2c2ccc(OCc3ccccc3)cc2F)cc1. The summed E-state index contributed by atoms with van der Waals surface area (Å²) in [6.45, 7) is 4.21. The highest BCUT2D eigenvalue weighted by Gasteiger charge is 2.47. The summed E-state index contributed by atoms with van der Waals surface area (Å²) in [6.07, 6.45) is 4.39. The summed E-state index contributed by atoms with van der Waals surface area (Å²) in [6, 6.07) is 19.8. The van der Waals surface area contributed by atoms with E-state index < -0.39 is 23.2 Å². The number of hydrogen-bond acceptors (Lipinski definition) is 8. The number of hydrogen-bond donors (Lipinski definition) is 2. The minimum absolute atomic E-state index is 0.0312. The van der Waals surface area contributed by atoms with E-state index in [1.165, 1.54) is 17.4 Å². The van der Waals surface area contributed by atoms with Gasteiger partial charge in [0.1, 0.15) is 35.4 Å². The fraction of sp³-hybridized carbons (Fsp3) is 0.256. The number of halogens is 1. The molecule has 0 radical (unpaired) electrons. The second kappa shape index (κ2) is 12.8. The number of allylic oxidation sites excluding steroid dienone is 3. The van der Waals surface area contributed by atoms with Crippen LogP contribution in [0.2, 0.25) is 0 Å². The van der Waals surface area contributed by atoms with Crippen LogP contribution in [0.4, 0.5) is 4.39 Å². The van der Waals surface area contributed by atoms with E-state index in [-0.39, 0.29) is 47.2 Å². The fourth-order valence-corrected chi connectivity index (χ4v) is 6.80. The molecule has 2 heterocycles. The Morgan fingerprint density at radius 3 is 2.57 bits per heavy atom. The first-order valence-electron chi connectivity index (χ1n) is 16.2. The predicted molar refractivity (Wildman–Crippen MR) is 180 cm³/mol. The number of ketones is 1. The Labute approximate surface area is 283 Å². The Balaban J connectivity index is 1.38.